The van der Waals surface area contributed by atoms with Crippen molar-refractivity contribution in [3.63, 3.8) is 0 Å². The Bertz CT molecular complexity index is 675. The summed E-state index contributed by atoms with van der Waals surface area (Å²) in [6.07, 6.45) is 10.1. The van der Waals surface area contributed by atoms with Gasteiger partial charge in [0.05, 0.1) is 19.3 Å². The van der Waals surface area contributed by atoms with Gasteiger partial charge in [-0.15, -0.1) is 10.2 Å². The molecule has 1 aliphatic rings. The van der Waals surface area contributed by atoms with Crippen LogP contribution in [0, 0.1) is 0 Å². The number of hydrogen-bond donors (Lipinski definition) is 2. The first kappa shape index (κ1) is 17.7. The number of aliphatic imine (C=N–C) groups is 1. The van der Waals surface area contributed by atoms with Gasteiger partial charge in [-0.3, -0.25) is 9.39 Å². The largest absolute Gasteiger partial charge is 0.376 e. The van der Waals surface area contributed by atoms with Gasteiger partial charge in [-0.1, -0.05) is 31.7 Å². The zero-order valence-electron chi connectivity index (χ0n) is 14.9. The molecule has 136 valence electrons. The Morgan fingerprint density at radius 3 is 2.84 bits per heavy atom. The number of aromatic nitrogens is 3. The molecule has 2 heterocycles. The molecule has 0 radical (unpaired) electrons. The molecule has 0 amide bonds. The van der Waals surface area contributed by atoms with Crippen molar-refractivity contribution in [2.24, 2.45) is 4.99 Å². The number of hydrogen-bond acceptors (Lipinski definition) is 4. The van der Waals surface area contributed by atoms with Crippen molar-refractivity contribution in [2.45, 2.75) is 51.2 Å². The van der Waals surface area contributed by atoms with Gasteiger partial charge < -0.3 is 15.4 Å². The van der Waals surface area contributed by atoms with Gasteiger partial charge in [-0.25, -0.2) is 0 Å². The van der Waals surface area contributed by atoms with E-state index < -0.39 is 0 Å². The molecule has 7 heteroatoms. The van der Waals surface area contributed by atoms with Crippen molar-refractivity contribution in [1.82, 2.24) is 25.2 Å². The van der Waals surface area contributed by atoms with Crippen LogP contribution in [0.25, 0.3) is 5.65 Å². The number of pyridine rings is 1. The van der Waals surface area contributed by atoms with Crippen LogP contribution in [0.1, 0.15) is 44.3 Å². The van der Waals surface area contributed by atoms with E-state index in [4.69, 9.17) is 4.74 Å². The smallest absolute Gasteiger partial charge is 0.191 e. The third kappa shape index (κ3) is 5.16. The molecule has 2 aromatic rings. The average Bonchev–Trinajstić information content (AvgIpc) is 2.87. The molecular weight excluding hydrogens is 316 g/mol. The van der Waals surface area contributed by atoms with Crippen LogP contribution in [0.2, 0.25) is 0 Å². The first-order chi connectivity index (χ1) is 12.4. The van der Waals surface area contributed by atoms with E-state index in [-0.39, 0.29) is 0 Å². The minimum absolute atomic E-state index is 0.432. The van der Waals surface area contributed by atoms with E-state index in [9.17, 15) is 0 Å². The monoisotopic (exact) mass is 344 g/mol. The van der Waals surface area contributed by atoms with E-state index in [1.54, 1.807) is 7.05 Å². The SMILES string of the molecule is CN=C(NCCOC1CCCCCC1)NCc1nnc2ccccn12. The Morgan fingerprint density at radius 2 is 2.04 bits per heavy atom. The highest BCUT2D eigenvalue weighted by Gasteiger charge is 2.12. The summed E-state index contributed by atoms with van der Waals surface area (Å²) < 4.78 is 7.96. The van der Waals surface area contributed by atoms with E-state index in [1.165, 1.54) is 38.5 Å². The molecular formula is C18H28N6O. The van der Waals surface area contributed by atoms with Gasteiger partial charge in [0.25, 0.3) is 0 Å². The maximum atomic E-state index is 5.99. The van der Waals surface area contributed by atoms with Gasteiger partial charge >= 0.3 is 0 Å². The lowest BCUT2D eigenvalue weighted by atomic mass is 10.1. The fourth-order valence-electron chi connectivity index (χ4n) is 3.20. The van der Waals surface area contributed by atoms with E-state index in [0.29, 0.717) is 19.3 Å². The summed E-state index contributed by atoms with van der Waals surface area (Å²) in [6.45, 7) is 2.02. The molecule has 1 saturated carbocycles. The van der Waals surface area contributed by atoms with Crippen LogP contribution in [0.4, 0.5) is 0 Å². The molecule has 25 heavy (non-hydrogen) atoms. The minimum atomic E-state index is 0.432. The lowest BCUT2D eigenvalue weighted by Crippen LogP contribution is -2.39. The third-order valence-corrected chi connectivity index (χ3v) is 4.57. The lowest BCUT2D eigenvalue weighted by Gasteiger charge is -2.16. The Morgan fingerprint density at radius 1 is 1.20 bits per heavy atom. The average molecular weight is 344 g/mol. The number of nitrogens with zero attached hydrogens (tertiary/aromatic N) is 4. The first-order valence-corrected chi connectivity index (χ1v) is 9.21. The summed E-state index contributed by atoms with van der Waals surface area (Å²) in [5.74, 6) is 1.60. The molecule has 2 N–H and O–H groups in total. The van der Waals surface area contributed by atoms with E-state index in [1.807, 2.05) is 28.8 Å². The normalized spacial score (nSPS) is 16.8. The summed E-state index contributed by atoms with van der Waals surface area (Å²) in [5.41, 5.74) is 0.846. The van der Waals surface area contributed by atoms with E-state index in [2.05, 4.69) is 25.8 Å². The van der Waals surface area contributed by atoms with Gasteiger partial charge in [0.2, 0.25) is 0 Å². The van der Waals surface area contributed by atoms with Gasteiger partial charge in [0, 0.05) is 19.8 Å². The molecule has 0 aliphatic heterocycles. The fourth-order valence-corrected chi connectivity index (χ4v) is 3.20. The van der Waals surface area contributed by atoms with Crippen LogP contribution >= 0.6 is 0 Å². The highest BCUT2D eigenvalue weighted by molar-refractivity contribution is 5.79. The molecule has 7 nitrogen and oxygen atoms in total. The summed E-state index contributed by atoms with van der Waals surface area (Å²) in [4.78, 5) is 4.25. The Balaban J connectivity index is 1.39. The van der Waals surface area contributed by atoms with Crippen molar-refractivity contribution in [3.8, 4) is 0 Å². The van der Waals surface area contributed by atoms with Crippen LogP contribution in [-0.4, -0.2) is 46.9 Å². The highest BCUT2D eigenvalue weighted by Crippen LogP contribution is 2.19. The molecule has 0 aromatic carbocycles. The van der Waals surface area contributed by atoms with E-state index in [0.717, 1.165) is 24.0 Å². The van der Waals surface area contributed by atoms with Crippen LogP contribution in [-0.2, 0) is 11.3 Å². The molecule has 0 unspecified atom stereocenters. The molecule has 0 saturated heterocycles. The number of nitrogens with one attached hydrogen (secondary N) is 2. The molecule has 1 aliphatic carbocycles. The molecule has 0 atom stereocenters. The summed E-state index contributed by atoms with van der Waals surface area (Å²) in [7, 11) is 1.77. The summed E-state index contributed by atoms with van der Waals surface area (Å²) in [6, 6.07) is 5.86. The first-order valence-electron chi connectivity index (χ1n) is 9.21. The Hall–Kier alpha value is -2.15. The van der Waals surface area contributed by atoms with Crippen LogP contribution in [0.5, 0.6) is 0 Å². The predicted octanol–water partition coefficient (Wildman–Crippen LogP) is 2.13. The third-order valence-electron chi connectivity index (χ3n) is 4.57. The second kappa shape index (κ2) is 9.36. The zero-order valence-corrected chi connectivity index (χ0v) is 14.9. The van der Waals surface area contributed by atoms with Gasteiger partial charge in [0.1, 0.15) is 0 Å². The topological polar surface area (TPSA) is 75.8 Å². The van der Waals surface area contributed by atoms with Crippen molar-refractivity contribution < 1.29 is 4.74 Å². The van der Waals surface area contributed by atoms with Crippen molar-refractivity contribution in [1.29, 1.82) is 0 Å². The Labute approximate surface area is 148 Å². The van der Waals surface area contributed by atoms with Gasteiger partial charge in [-0.2, -0.15) is 0 Å². The second-order valence-electron chi connectivity index (χ2n) is 6.38. The number of guanidine groups is 1. The maximum absolute atomic E-state index is 5.99. The number of fused-ring (bicyclic) bond motifs is 1. The maximum Gasteiger partial charge on any atom is 0.191 e. The molecule has 3 rings (SSSR count). The summed E-state index contributed by atoms with van der Waals surface area (Å²) in [5, 5.41) is 14.9. The molecule has 2 aromatic heterocycles. The molecule has 0 spiro atoms. The quantitative estimate of drug-likeness (QED) is 0.363. The number of rotatable bonds is 6. The standard InChI is InChI=1S/C18H28N6O/c1-19-18(20-11-13-25-15-8-4-2-3-5-9-15)21-14-17-23-22-16-10-6-7-12-24(16)17/h6-7,10,12,15H,2-5,8-9,11,13-14H2,1H3,(H2,19,20,21). The van der Waals surface area contributed by atoms with E-state index >= 15 is 0 Å². The van der Waals surface area contributed by atoms with Gasteiger partial charge in [0.15, 0.2) is 17.4 Å². The fraction of sp³-hybridized carbons (Fsp3) is 0.611. The van der Waals surface area contributed by atoms with Crippen molar-refractivity contribution >= 4 is 11.6 Å². The van der Waals surface area contributed by atoms with Crippen LogP contribution in [0.3, 0.4) is 0 Å². The lowest BCUT2D eigenvalue weighted by molar-refractivity contribution is 0.0468. The van der Waals surface area contributed by atoms with Crippen molar-refractivity contribution in [3.05, 3.63) is 30.2 Å². The predicted molar refractivity (Wildman–Crippen MR) is 98.6 cm³/mol. The zero-order chi connectivity index (χ0) is 17.3. The highest BCUT2D eigenvalue weighted by atomic mass is 16.5. The molecule has 1 fully saturated rings. The molecule has 0 bridgehead atoms. The summed E-state index contributed by atoms with van der Waals surface area (Å²) >= 11 is 0. The number of ether oxygens (including phenoxy) is 1. The van der Waals surface area contributed by atoms with Crippen LogP contribution in [0.15, 0.2) is 29.4 Å². The second-order valence-corrected chi connectivity index (χ2v) is 6.38. The Kier molecular flexibility index (Phi) is 6.62. The van der Waals surface area contributed by atoms with Gasteiger partial charge in [-0.05, 0) is 25.0 Å². The minimum Gasteiger partial charge on any atom is -0.376 e. The van der Waals surface area contributed by atoms with Crippen molar-refractivity contribution in [2.75, 3.05) is 20.2 Å². The van der Waals surface area contributed by atoms with Crippen LogP contribution < -0.4 is 10.6 Å².